The van der Waals surface area contributed by atoms with Crippen molar-refractivity contribution >= 4 is 18.6 Å². The minimum Gasteiger partial charge on any atom is -0.496 e. The summed E-state index contributed by atoms with van der Waals surface area (Å²) in [6, 6.07) is 4.78. The molecule has 0 atom stereocenters. The van der Waals surface area contributed by atoms with Crippen LogP contribution >= 0.6 is 12.6 Å². The predicted molar refractivity (Wildman–Crippen MR) is 60.7 cm³/mol. The van der Waals surface area contributed by atoms with Gasteiger partial charge in [0, 0.05) is 5.56 Å². The molecule has 0 spiro atoms. The van der Waals surface area contributed by atoms with Crippen LogP contribution in [0.15, 0.2) is 18.2 Å². The van der Waals surface area contributed by atoms with Crippen LogP contribution in [0, 0.1) is 11.8 Å². The van der Waals surface area contributed by atoms with Crippen molar-refractivity contribution in [2.75, 3.05) is 12.9 Å². The molecule has 0 aliphatic carbocycles. The number of hydrogen-bond donors (Lipinski definition) is 2. The van der Waals surface area contributed by atoms with E-state index in [0.717, 1.165) is 0 Å². The molecule has 1 N–H and O–H groups in total. The topological polar surface area (TPSA) is 46.5 Å². The lowest BCUT2D eigenvalue weighted by Crippen LogP contribution is -2.00. The molecule has 4 heteroatoms. The van der Waals surface area contributed by atoms with E-state index >= 15 is 0 Å². The molecule has 1 aromatic carbocycles. The van der Waals surface area contributed by atoms with Gasteiger partial charge in [0.25, 0.3) is 0 Å². The van der Waals surface area contributed by atoms with E-state index in [1.165, 1.54) is 13.2 Å². The average Bonchev–Trinajstić information content (AvgIpc) is 2.25. The van der Waals surface area contributed by atoms with Crippen LogP contribution in [-0.2, 0) is 0 Å². The van der Waals surface area contributed by atoms with E-state index in [-0.39, 0.29) is 5.56 Å². The molecule has 0 aliphatic rings. The van der Waals surface area contributed by atoms with Gasteiger partial charge in [0.15, 0.2) is 0 Å². The predicted octanol–water partition coefficient (Wildman–Crippen LogP) is 1.67. The summed E-state index contributed by atoms with van der Waals surface area (Å²) >= 11 is 3.94. The number of thiol groups is 1. The van der Waals surface area contributed by atoms with Crippen molar-refractivity contribution < 1.29 is 14.6 Å². The van der Waals surface area contributed by atoms with Gasteiger partial charge in [0.05, 0.1) is 12.9 Å². The molecule has 3 nitrogen and oxygen atoms in total. The van der Waals surface area contributed by atoms with E-state index in [4.69, 9.17) is 9.84 Å². The summed E-state index contributed by atoms with van der Waals surface area (Å²) in [6.07, 6.45) is 0. The van der Waals surface area contributed by atoms with Gasteiger partial charge in [-0.3, -0.25) is 0 Å². The van der Waals surface area contributed by atoms with Crippen molar-refractivity contribution in [2.45, 2.75) is 0 Å². The van der Waals surface area contributed by atoms with E-state index in [1.807, 2.05) is 0 Å². The van der Waals surface area contributed by atoms with Gasteiger partial charge in [-0.1, -0.05) is 11.8 Å². The van der Waals surface area contributed by atoms with Crippen molar-refractivity contribution in [2.24, 2.45) is 0 Å². The molecule has 0 radical (unpaired) electrons. The maximum absolute atomic E-state index is 10.9. The van der Waals surface area contributed by atoms with E-state index in [0.29, 0.717) is 17.1 Å². The van der Waals surface area contributed by atoms with Crippen molar-refractivity contribution in [3.05, 3.63) is 29.3 Å². The molecule has 0 saturated carbocycles. The van der Waals surface area contributed by atoms with Gasteiger partial charge in [-0.15, -0.1) is 0 Å². The summed E-state index contributed by atoms with van der Waals surface area (Å²) < 4.78 is 4.92. The van der Waals surface area contributed by atoms with Gasteiger partial charge >= 0.3 is 5.97 Å². The second-order valence-electron chi connectivity index (χ2n) is 2.68. The third kappa shape index (κ3) is 2.93. The van der Waals surface area contributed by atoms with E-state index in [9.17, 15) is 4.79 Å². The van der Waals surface area contributed by atoms with Crippen LogP contribution in [0.3, 0.4) is 0 Å². The Labute approximate surface area is 93.5 Å². The Bertz CT molecular complexity index is 429. The normalized spacial score (nSPS) is 8.93. The first kappa shape index (κ1) is 11.5. The van der Waals surface area contributed by atoms with Gasteiger partial charge in [-0.2, -0.15) is 12.6 Å². The van der Waals surface area contributed by atoms with E-state index in [1.54, 1.807) is 12.1 Å². The Morgan fingerprint density at radius 3 is 2.87 bits per heavy atom. The van der Waals surface area contributed by atoms with Crippen LogP contribution in [0.2, 0.25) is 0 Å². The summed E-state index contributed by atoms with van der Waals surface area (Å²) in [5.74, 6) is 5.29. The Morgan fingerprint density at radius 1 is 1.60 bits per heavy atom. The Hall–Kier alpha value is -1.60. The fourth-order valence-corrected chi connectivity index (χ4v) is 1.17. The molecule has 0 fully saturated rings. The molecular weight excluding hydrogens is 212 g/mol. The lowest BCUT2D eigenvalue weighted by atomic mass is 10.1. The summed E-state index contributed by atoms with van der Waals surface area (Å²) in [4.78, 5) is 10.9. The molecule has 1 aromatic rings. The lowest BCUT2D eigenvalue weighted by Gasteiger charge is -2.04. The maximum atomic E-state index is 10.9. The molecular formula is C11H10O3S. The van der Waals surface area contributed by atoms with Crippen molar-refractivity contribution in [1.82, 2.24) is 0 Å². The van der Waals surface area contributed by atoms with Crippen molar-refractivity contribution in [3.8, 4) is 17.6 Å². The number of hydrogen-bond acceptors (Lipinski definition) is 3. The highest BCUT2D eigenvalue weighted by Crippen LogP contribution is 2.19. The highest BCUT2D eigenvalue weighted by Gasteiger charge is 2.10. The molecule has 78 valence electrons. The quantitative estimate of drug-likeness (QED) is 0.591. The first-order chi connectivity index (χ1) is 7.19. The number of carbonyl (C=O) groups is 1. The molecule has 0 unspecified atom stereocenters. The number of carboxylic acid groups (broad SMARTS) is 1. The van der Waals surface area contributed by atoms with Gasteiger partial charge in [-0.25, -0.2) is 4.79 Å². The molecule has 0 bridgehead atoms. The number of methoxy groups -OCH3 is 1. The van der Waals surface area contributed by atoms with Gasteiger partial charge < -0.3 is 9.84 Å². The zero-order valence-corrected chi connectivity index (χ0v) is 9.04. The van der Waals surface area contributed by atoms with Crippen LogP contribution in [0.1, 0.15) is 15.9 Å². The minimum atomic E-state index is -1.03. The summed E-state index contributed by atoms with van der Waals surface area (Å²) in [5, 5.41) is 8.90. The van der Waals surface area contributed by atoms with Gasteiger partial charge in [-0.05, 0) is 18.2 Å². The zero-order chi connectivity index (χ0) is 11.3. The molecule has 0 aliphatic heterocycles. The third-order valence-electron chi connectivity index (χ3n) is 1.74. The van der Waals surface area contributed by atoms with E-state index < -0.39 is 5.97 Å². The smallest absolute Gasteiger partial charge is 0.339 e. The van der Waals surface area contributed by atoms with Crippen LogP contribution in [0.4, 0.5) is 0 Å². The first-order valence-electron chi connectivity index (χ1n) is 4.20. The number of carboxylic acids is 1. The Morgan fingerprint density at radius 2 is 2.33 bits per heavy atom. The minimum absolute atomic E-state index is 0.114. The number of aromatic carboxylic acids is 1. The number of rotatable bonds is 2. The molecule has 15 heavy (non-hydrogen) atoms. The first-order valence-corrected chi connectivity index (χ1v) is 4.83. The van der Waals surface area contributed by atoms with Gasteiger partial charge in [0.2, 0.25) is 0 Å². The number of ether oxygens (including phenoxy) is 1. The van der Waals surface area contributed by atoms with Crippen LogP contribution in [-0.4, -0.2) is 23.9 Å². The van der Waals surface area contributed by atoms with Crippen LogP contribution < -0.4 is 4.74 Å². The fourth-order valence-electron chi connectivity index (χ4n) is 1.09. The van der Waals surface area contributed by atoms with E-state index in [2.05, 4.69) is 24.5 Å². The summed E-state index contributed by atoms with van der Waals surface area (Å²) in [6.45, 7) is 0. The summed E-state index contributed by atoms with van der Waals surface area (Å²) in [5.41, 5.74) is 0.755. The standard InChI is InChI=1S/C11H10O3S/c1-14-10-5-4-8(3-2-6-15)7-9(10)11(12)13/h4-5,7,15H,6H2,1H3,(H,12,13). The number of benzene rings is 1. The molecule has 0 amide bonds. The molecule has 0 aromatic heterocycles. The third-order valence-corrected chi connectivity index (χ3v) is 1.90. The average molecular weight is 222 g/mol. The molecule has 0 heterocycles. The van der Waals surface area contributed by atoms with Crippen LogP contribution in [0.25, 0.3) is 0 Å². The zero-order valence-electron chi connectivity index (χ0n) is 8.15. The van der Waals surface area contributed by atoms with Crippen LogP contribution in [0.5, 0.6) is 5.75 Å². The SMILES string of the molecule is COc1ccc(C#CCS)cc1C(=O)O. The lowest BCUT2D eigenvalue weighted by molar-refractivity contribution is 0.0693. The van der Waals surface area contributed by atoms with Crippen molar-refractivity contribution in [1.29, 1.82) is 0 Å². The summed E-state index contributed by atoms with van der Waals surface area (Å²) in [7, 11) is 1.43. The highest BCUT2D eigenvalue weighted by molar-refractivity contribution is 7.80. The molecule has 0 saturated heterocycles. The van der Waals surface area contributed by atoms with Crippen molar-refractivity contribution in [3.63, 3.8) is 0 Å². The fraction of sp³-hybridized carbons (Fsp3) is 0.182. The second kappa shape index (κ2) is 5.32. The van der Waals surface area contributed by atoms with Gasteiger partial charge in [0.1, 0.15) is 11.3 Å². The monoisotopic (exact) mass is 222 g/mol. The highest BCUT2D eigenvalue weighted by atomic mass is 32.1. The second-order valence-corrected chi connectivity index (χ2v) is 3.00. The Balaban J connectivity index is 3.16. The Kier molecular flexibility index (Phi) is 4.07. The largest absolute Gasteiger partial charge is 0.496 e. The maximum Gasteiger partial charge on any atom is 0.339 e. The molecule has 1 rings (SSSR count).